The maximum atomic E-state index is 13.4. The number of anilines is 1. The number of hydrogen-bond acceptors (Lipinski definition) is 2. The van der Waals surface area contributed by atoms with Crippen molar-refractivity contribution in [2.75, 3.05) is 18.0 Å². The average molecular weight is 340 g/mol. The van der Waals surface area contributed by atoms with Gasteiger partial charge >= 0.3 is 0 Å². The first-order valence-electron chi connectivity index (χ1n) is 8.33. The molecule has 0 bridgehead atoms. The summed E-state index contributed by atoms with van der Waals surface area (Å²) in [7, 11) is 0. The zero-order valence-corrected chi connectivity index (χ0v) is 14.6. The Labute approximate surface area is 146 Å². The van der Waals surface area contributed by atoms with Gasteiger partial charge in [0, 0.05) is 24.3 Å². The van der Waals surface area contributed by atoms with E-state index in [1.807, 2.05) is 32.0 Å². The quantitative estimate of drug-likeness (QED) is 0.841. The fraction of sp³-hybridized carbons (Fsp3) is 0.300. The molecule has 3 rings (SSSR count). The number of rotatable bonds is 2. The predicted octanol–water partition coefficient (Wildman–Crippen LogP) is 3.32. The summed E-state index contributed by atoms with van der Waals surface area (Å²) in [6.07, 6.45) is 0. The number of nitrogens with zero attached hydrogens (tertiary/aromatic N) is 2. The summed E-state index contributed by atoms with van der Waals surface area (Å²) in [5.41, 5.74) is 3.31. The molecule has 2 amide bonds. The number of carbonyl (C=O) groups is 2. The molecule has 0 radical (unpaired) electrons. The average Bonchev–Trinajstić information content (AvgIpc) is 2.57. The van der Waals surface area contributed by atoms with Crippen molar-refractivity contribution in [1.29, 1.82) is 0 Å². The first-order chi connectivity index (χ1) is 11.9. The lowest BCUT2D eigenvalue weighted by Crippen LogP contribution is -2.58. The van der Waals surface area contributed by atoms with Crippen LogP contribution in [0, 0.1) is 19.7 Å². The minimum absolute atomic E-state index is 0.122. The first-order valence-corrected chi connectivity index (χ1v) is 8.33. The topological polar surface area (TPSA) is 40.6 Å². The second-order valence-corrected chi connectivity index (χ2v) is 6.46. The Kier molecular flexibility index (Phi) is 4.57. The molecule has 1 fully saturated rings. The number of halogens is 1. The molecule has 130 valence electrons. The summed E-state index contributed by atoms with van der Waals surface area (Å²) in [4.78, 5) is 28.7. The molecule has 1 aliphatic heterocycles. The molecule has 1 aliphatic rings. The molecule has 2 aromatic carbocycles. The van der Waals surface area contributed by atoms with Crippen LogP contribution < -0.4 is 4.90 Å². The number of carbonyl (C=O) groups excluding carboxylic acids is 2. The molecule has 0 N–H and O–H groups in total. The minimum Gasteiger partial charge on any atom is -0.325 e. The summed E-state index contributed by atoms with van der Waals surface area (Å²) in [6, 6.07) is 10.9. The number of piperazine rings is 1. The van der Waals surface area contributed by atoms with Gasteiger partial charge in [-0.05, 0) is 50.6 Å². The van der Waals surface area contributed by atoms with Crippen molar-refractivity contribution in [3.05, 3.63) is 65.0 Å². The maximum absolute atomic E-state index is 13.4. The second-order valence-electron chi connectivity index (χ2n) is 6.46. The molecule has 1 atom stereocenters. The summed E-state index contributed by atoms with van der Waals surface area (Å²) in [5.74, 6) is -0.901. The van der Waals surface area contributed by atoms with Gasteiger partial charge in [0.1, 0.15) is 11.9 Å². The lowest BCUT2D eigenvalue weighted by atomic mass is 10.1. The highest BCUT2D eigenvalue weighted by Crippen LogP contribution is 2.25. The van der Waals surface area contributed by atoms with Crippen molar-refractivity contribution in [2.24, 2.45) is 0 Å². The van der Waals surface area contributed by atoms with Gasteiger partial charge in [0.05, 0.1) is 0 Å². The molecule has 0 aromatic heterocycles. The van der Waals surface area contributed by atoms with Crippen molar-refractivity contribution in [3.63, 3.8) is 0 Å². The molecule has 5 heteroatoms. The van der Waals surface area contributed by atoms with Crippen LogP contribution in [0.15, 0.2) is 42.5 Å². The Balaban J connectivity index is 1.83. The molecule has 4 nitrogen and oxygen atoms in total. The molecular formula is C20H21FN2O2. The van der Waals surface area contributed by atoms with Crippen LogP contribution in [0.5, 0.6) is 0 Å². The molecule has 25 heavy (non-hydrogen) atoms. The lowest BCUT2D eigenvalue weighted by molar-refractivity contribution is -0.124. The Morgan fingerprint density at radius 1 is 1.12 bits per heavy atom. The second kappa shape index (κ2) is 6.67. The molecule has 1 unspecified atom stereocenters. The molecule has 1 saturated heterocycles. The van der Waals surface area contributed by atoms with E-state index in [0.717, 1.165) is 16.8 Å². The van der Waals surface area contributed by atoms with E-state index < -0.39 is 11.9 Å². The Morgan fingerprint density at radius 2 is 1.88 bits per heavy atom. The van der Waals surface area contributed by atoms with Gasteiger partial charge in [-0.15, -0.1) is 0 Å². The maximum Gasteiger partial charge on any atom is 0.254 e. The smallest absolute Gasteiger partial charge is 0.254 e. The van der Waals surface area contributed by atoms with Crippen LogP contribution >= 0.6 is 0 Å². The SMILES string of the molecule is Cc1ccc(N2CCN(C(=O)c3cccc(F)c3)C(C)C2=O)c(C)c1. The van der Waals surface area contributed by atoms with Crippen LogP contribution in [-0.2, 0) is 4.79 Å². The van der Waals surface area contributed by atoms with Gasteiger partial charge in [-0.1, -0.05) is 23.8 Å². The van der Waals surface area contributed by atoms with Crippen molar-refractivity contribution < 1.29 is 14.0 Å². The monoisotopic (exact) mass is 340 g/mol. The van der Waals surface area contributed by atoms with E-state index in [2.05, 4.69) is 0 Å². The third-order valence-corrected chi connectivity index (χ3v) is 4.63. The van der Waals surface area contributed by atoms with Crippen molar-refractivity contribution in [3.8, 4) is 0 Å². The van der Waals surface area contributed by atoms with Gasteiger partial charge < -0.3 is 9.80 Å². The third kappa shape index (κ3) is 3.27. The van der Waals surface area contributed by atoms with Gasteiger partial charge in [-0.3, -0.25) is 9.59 Å². The predicted molar refractivity (Wildman–Crippen MR) is 95.2 cm³/mol. The number of hydrogen-bond donors (Lipinski definition) is 0. The molecule has 2 aromatic rings. The van der Waals surface area contributed by atoms with Crippen LogP contribution in [0.3, 0.4) is 0 Å². The van der Waals surface area contributed by atoms with Crippen molar-refractivity contribution in [2.45, 2.75) is 26.8 Å². The van der Waals surface area contributed by atoms with E-state index in [0.29, 0.717) is 13.1 Å². The van der Waals surface area contributed by atoms with Crippen molar-refractivity contribution >= 4 is 17.5 Å². The van der Waals surface area contributed by atoms with Crippen LogP contribution in [0.4, 0.5) is 10.1 Å². The molecule has 1 heterocycles. The fourth-order valence-corrected chi connectivity index (χ4v) is 3.28. The standard InChI is InChI=1S/C20H21FN2O2/c1-13-7-8-18(14(2)11-13)23-10-9-22(15(3)19(23)24)20(25)16-5-4-6-17(21)12-16/h4-8,11-12,15H,9-10H2,1-3H3. The number of benzene rings is 2. The van der Waals surface area contributed by atoms with Gasteiger partial charge in [-0.2, -0.15) is 0 Å². The summed E-state index contributed by atoms with van der Waals surface area (Å²) < 4.78 is 13.4. The van der Waals surface area contributed by atoms with Gasteiger partial charge in [0.25, 0.3) is 5.91 Å². The zero-order chi connectivity index (χ0) is 18.1. The normalized spacial score (nSPS) is 17.8. The Bertz CT molecular complexity index is 834. The van der Waals surface area contributed by atoms with Crippen LogP contribution in [-0.4, -0.2) is 35.8 Å². The van der Waals surface area contributed by atoms with E-state index >= 15 is 0 Å². The van der Waals surface area contributed by atoms with E-state index in [1.54, 1.807) is 17.9 Å². The highest BCUT2D eigenvalue weighted by molar-refractivity contribution is 6.03. The minimum atomic E-state index is -0.592. The van der Waals surface area contributed by atoms with Crippen LogP contribution in [0.2, 0.25) is 0 Å². The highest BCUT2D eigenvalue weighted by Gasteiger charge is 2.35. The fourth-order valence-electron chi connectivity index (χ4n) is 3.28. The first kappa shape index (κ1) is 17.1. The molecular weight excluding hydrogens is 319 g/mol. The summed E-state index contributed by atoms with van der Waals surface area (Å²) in [5, 5.41) is 0. The number of aryl methyl sites for hydroxylation is 2. The lowest BCUT2D eigenvalue weighted by Gasteiger charge is -2.39. The van der Waals surface area contributed by atoms with E-state index in [1.165, 1.54) is 23.1 Å². The van der Waals surface area contributed by atoms with Crippen molar-refractivity contribution in [1.82, 2.24) is 4.90 Å². The summed E-state index contributed by atoms with van der Waals surface area (Å²) >= 11 is 0. The third-order valence-electron chi connectivity index (χ3n) is 4.63. The molecule has 0 aliphatic carbocycles. The Hall–Kier alpha value is -2.69. The van der Waals surface area contributed by atoms with Gasteiger partial charge in [-0.25, -0.2) is 4.39 Å². The highest BCUT2D eigenvalue weighted by atomic mass is 19.1. The van der Waals surface area contributed by atoms with Gasteiger partial charge in [0.2, 0.25) is 5.91 Å². The Morgan fingerprint density at radius 3 is 2.56 bits per heavy atom. The number of amides is 2. The summed E-state index contributed by atoms with van der Waals surface area (Å²) in [6.45, 7) is 6.54. The van der Waals surface area contributed by atoms with Gasteiger partial charge in [0.15, 0.2) is 0 Å². The molecule has 0 spiro atoms. The van der Waals surface area contributed by atoms with E-state index in [-0.39, 0.29) is 17.4 Å². The zero-order valence-electron chi connectivity index (χ0n) is 14.6. The van der Waals surface area contributed by atoms with E-state index in [9.17, 15) is 14.0 Å². The van der Waals surface area contributed by atoms with Crippen LogP contribution in [0.25, 0.3) is 0 Å². The largest absolute Gasteiger partial charge is 0.325 e. The molecule has 0 saturated carbocycles. The van der Waals surface area contributed by atoms with E-state index in [4.69, 9.17) is 0 Å². The van der Waals surface area contributed by atoms with Crippen LogP contribution in [0.1, 0.15) is 28.4 Å².